The molecule has 0 radical (unpaired) electrons. The Kier molecular flexibility index (Phi) is 33.3. The number of ketones is 8. The summed E-state index contributed by atoms with van der Waals surface area (Å²) in [7, 11) is 4.78. The predicted octanol–water partition coefficient (Wildman–Crippen LogP) is 13.0. The number of rotatable bonds is 38. The highest BCUT2D eigenvalue weighted by atomic mass is 16.7. The van der Waals surface area contributed by atoms with Gasteiger partial charge in [-0.3, -0.25) is 38.4 Å². The number of methoxy groups -OCH3 is 3. The van der Waals surface area contributed by atoms with Crippen molar-refractivity contribution in [3.8, 4) is 74.7 Å². The van der Waals surface area contributed by atoms with Crippen molar-refractivity contribution < 1.29 is 128 Å². The first-order chi connectivity index (χ1) is 55.2. The number of hydrogen-bond donors (Lipinski definition) is 0. The van der Waals surface area contributed by atoms with Crippen molar-refractivity contribution in [1.29, 1.82) is 0 Å². The van der Waals surface area contributed by atoms with Crippen molar-refractivity contribution in [2.45, 2.75) is 51.4 Å². The number of hydrogen-bond acceptors (Lipinski definition) is 27. The van der Waals surface area contributed by atoms with E-state index in [0.29, 0.717) is 225 Å². The summed E-state index contributed by atoms with van der Waals surface area (Å²) in [6.45, 7) is 7.73. The molecule has 0 aliphatic carbocycles. The topological polar surface area (TPSA) is 312 Å². The van der Waals surface area contributed by atoms with Gasteiger partial charge in [0.25, 0.3) is 0 Å². The van der Waals surface area contributed by atoms with Gasteiger partial charge in [-0.05, 0) is 140 Å². The third kappa shape index (κ3) is 26.2. The third-order valence-electron chi connectivity index (χ3n) is 17.4. The molecule has 5 aliphatic rings. The van der Waals surface area contributed by atoms with Gasteiger partial charge in [-0.25, -0.2) is 0 Å². The van der Waals surface area contributed by atoms with Gasteiger partial charge in [-0.15, -0.1) is 0 Å². The maximum atomic E-state index is 12.6. The second-order valence-corrected chi connectivity index (χ2v) is 25.2. The van der Waals surface area contributed by atoms with E-state index in [1.807, 2.05) is 0 Å². The Morgan fingerprint density at radius 1 is 0.248 bits per heavy atom. The van der Waals surface area contributed by atoms with Gasteiger partial charge >= 0.3 is 0 Å². The van der Waals surface area contributed by atoms with Gasteiger partial charge in [0, 0.05) is 112 Å². The Hall–Kier alpha value is -11.7. The maximum Gasteiger partial charge on any atom is 0.189 e. The van der Waals surface area contributed by atoms with Crippen molar-refractivity contribution in [2.24, 2.45) is 0 Å². The van der Waals surface area contributed by atoms with Crippen molar-refractivity contribution in [3.05, 3.63) is 208 Å². The molecular weight excluding hydrogens is 1460 g/mol. The summed E-state index contributed by atoms with van der Waals surface area (Å²) >= 11 is 0. The van der Waals surface area contributed by atoms with Gasteiger partial charge in [0.15, 0.2) is 124 Å². The normalized spacial score (nSPS) is 12.9. The van der Waals surface area contributed by atoms with Crippen LogP contribution in [0.3, 0.4) is 0 Å². The van der Waals surface area contributed by atoms with E-state index in [9.17, 15) is 38.4 Å². The van der Waals surface area contributed by atoms with E-state index in [-0.39, 0.29) is 118 Å². The maximum absolute atomic E-state index is 12.6. The third-order valence-corrected chi connectivity index (χ3v) is 17.4. The van der Waals surface area contributed by atoms with Crippen molar-refractivity contribution in [2.75, 3.05) is 147 Å². The molecule has 13 rings (SSSR count). The molecule has 113 heavy (non-hydrogen) atoms. The van der Waals surface area contributed by atoms with Crippen LogP contribution in [-0.4, -0.2) is 194 Å². The molecule has 5 aliphatic heterocycles. The number of Topliss-reactive ketones (excluding diaryl/α,β-unsaturated/α-hetero) is 8. The van der Waals surface area contributed by atoms with Crippen LogP contribution in [0.15, 0.2) is 164 Å². The number of carbonyl (C=O) groups excluding carboxylic acids is 8. The van der Waals surface area contributed by atoms with Crippen LogP contribution in [0.25, 0.3) is 0 Å². The molecular formula is C86H90O27. The number of benzene rings is 8. The fraction of sp³-hybridized carbons (Fsp3) is 0.349. The number of para-hydroxylation sites is 1. The Morgan fingerprint density at radius 3 is 0.858 bits per heavy atom. The first-order valence-electron chi connectivity index (χ1n) is 36.9. The Bertz CT molecular complexity index is 4440. The molecule has 0 saturated heterocycles. The molecule has 596 valence electrons. The molecule has 0 unspecified atom stereocenters. The van der Waals surface area contributed by atoms with Crippen molar-refractivity contribution in [3.63, 3.8) is 0 Å². The molecule has 0 aromatic heterocycles. The predicted molar refractivity (Wildman–Crippen MR) is 408 cm³/mol. The lowest BCUT2D eigenvalue weighted by molar-refractivity contribution is -0.00881. The smallest absolute Gasteiger partial charge is 0.189 e. The van der Waals surface area contributed by atoms with E-state index in [4.69, 9.17) is 90.0 Å². The van der Waals surface area contributed by atoms with Gasteiger partial charge in [0.05, 0.1) is 45.2 Å². The van der Waals surface area contributed by atoms with Crippen LogP contribution in [0.5, 0.6) is 74.7 Å². The molecule has 5 heterocycles. The number of carbonyl (C=O) groups is 8. The van der Waals surface area contributed by atoms with Gasteiger partial charge in [0.2, 0.25) is 0 Å². The summed E-state index contributed by atoms with van der Waals surface area (Å²) in [5.74, 6) is 6.62. The summed E-state index contributed by atoms with van der Waals surface area (Å²) in [6, 6.07) is 46.0. The SMILES string of the molecule is COCCOCOc1ccc(C(=O)CCC(=O)c2ccc3c(c2)OCCO3)cc1.COCCOCOc1cccc(C(=O)CCC(=O)c2ccc3c(c2)OCCO3)c1.COCCOCOc1ccccc1C(=O)CCC(=O)c1ccc2c(c1)OCCO2.O=C(CCC(=O)c1ccc2c(c1)OCCO2)c1ccc2c(c1)OCCO2. The molecule has 8 aromatic carbocycles. The lowest BCUT2D eigenvalue weighted by Crippen LogP contribution is -2.16. The van der Waals surface area contributed by atoms with E-state index in [2.05, 4.69) is 0 Å². The fourth-order valence-electron chi connectivity index (χ4n) is 11.4. The van der Waals surface area contributed by atoms with Crippen LogP contribution in [0.4, 0.5) is 0 Å². The zero-order chi connectivity index (χ0) is 79.4. The average molecular weight is 1560 g/mol. The quantitative estimate of drug-likeness (QED) is 0.0197. The van der Waals surface area contributed by atoms with Crippen LogP contribution in [0.2, 0.25) is 0 Å². The highest BCUT2D eigenvalue weighted by Gasteiger charge is 2.24. The Balaban J connectivity index is 0.000000160. The number of fused-ring (bicyclic) bond motifs is 5. The molecule has 8 aromatic rings. The molecule has 27 nitrogen and oxygen atoms in total. The molecule has 0 spiro atoms. The van der Waals surface area contributed by atoms with E-state index in [1.165, 1.54) is 0 Å². The van der Waals surface area contributed by atoms with Crippen molar-refractivity contribution in [1.82, 2.24) is 0 Å². The fourth-order valence-corrected chi connectivity index (χ4v) is 11.4. The van der Waals surface area contributed by atoms with Gasteiger partial charge in [0.1, 0.15) is 83.3 Å². The lowest BCUT2D eigenvalue weighted by atomic mass is 10.0. The highest BCUT2D eigenvalue weighted by molar-refractivity contribution is 6.06. The monoisotopic (exact) mass is 1550 g/mol. The largest absolute Gasteiger partial charge is 0.486 e. The van der Waals surface area contributed by atoms with Crippen LogP contribution in [-0.2, 0) is 28.4 Å². The minimum absolute atomic E-state index is 0.0176. The van der Waals surface area contributed by atoms with Crippen LogP contribution >= 0.6 is 0 Å². The number of ether oxygens (including phenoxy) is 19. The molecule has 0 saturated carbocycles. The summed E-state index contributed by atoms with van der Waals surface area (Å²) in [5.41, 5.74) is 4.01. The average Bonchev–Trinajstić information content (AvgIpc) is 0.850. The second-order valence-electron chi connectivity index (χ2n) is 25.2. The van der Waals surface area contributed by atoms with Crippen molar-refractivity contribution >= 4 is 46.3 Å². The highest BCUT2D eigenvalue weighted by Crippen LogP contribution is 2.37. The summed E-state index contributed by atoms with van der Waals surface area (Å²) < 4.78 is 102. The van der Waals surface area contributed by atoms with Gasteiger partial charge in [-0.2, -0.15) is 0 Å². The molecule has 0 bridgehead atoms. The molecule has 0 fully saturated rings. The molecule has 0 amide bonds. The summed E-state index contributed by atoms with van der Waals surface area (Å²) in [5, 5.41) is 0. The minimum Gasteiger partial charge on any atom is -0.486 e. The minimum atomic E-state index is -0.164. The van der Waals surface area contributed by atoms with Crippen LogP contribution in [0, 0.1) is 0 Å². The lowest BCUT2D eigenvalue weighted by Gasteiger charge is -2.19. The zero-order valence-electron chi connectivity index (χ0n) is 63.2. The van der Waals surface area contributed by atoms with Crippen LogP contribution < -0.4 is 61.6 Å². The van der Waals surface area contributed by atoms with E-state index < -0.39 is 0 Å². The zero-order valence-corrected chi connectivity index (χ0v) is 63.2. The van der Waals surface area contributed by atoms with E-state index in [0.717, 1.165) is 0 Å². The molecule has 0 N–H and O–H groups in total. The standard InChI is InChI=1S/3C22H24O7.C20H18O6/c1-25-10-11-26-15-29-18-5-2-16(3-6-18)19(23)7-8-20(24)17-4-9-21-22(14-17)28-13-12-27-21;1-25-9-10-26-15-29-18-4-2-3-16(13-18)19(23)6-7-20(24)17-5-8-21-22(14-17)28-12-11-27-21;1-25-10-11-26-15-29-20-5-3-2-4-17(20)19(24)8-7-18(23)16-6-9-21-22(14-16)28-13-12-27-21;21-15(13-1-5-17-19(11-13)25-9-7-23-17)3-4-16(22)14-2-6-18-20(12-14)26-10-8-24-18/h2-6,9,14H,7-8,10-13,15H2,1H3;2-5,8,13-14H,6-7,9-12,15H2,1H3;2-6,9,14H,7-8,10-13,15H2,1H3;1-2,5-6,11-12H,3-4,7-10H2. The summed E-state index contributed by atoms with van der Waals surface area (Å²) in [6.07, 6.45) is 0.928. The second kappa shape index (κ2) is 45.0. The Labute approximate surface area is 653 Å². The Morgan fingerprint density at radius 2 is 0.522 bits per heavy atom. The summed E-state index contributed by atoms with van der Waals surface area (Å²) in [4.78, 5) is 99.7. The first kappa shape index (κ1) is 83.7. The first-order valence-corrected chi connectivity index (χ1v) is 36.9. The van der Waals surface area contributed by atoms with Gasteiger partial charge < -0.3 is 90.0 Å². The van der Waals surface area contributed by atoms with E-state index in [1.54, 1.807) is 185 Å². The van der Waals surface area contributed by atoms with Crippen LogP contribution in [0.1, 0.15) is 134 Å². The van der Waals surface area contributed by atoms with E-state index >= 15 is 0 Å². The molecule has 0 atom stereocenters. The molecule has 27 heteroatoms. The van der Waals surface area contributed by atoms with Gasteiger partial charge in [-0.1, -0.05) is 24.3 Å².